The highest BCUT2D eigenvalue weighted by atomic mass is 79.9. The molecule has 0 aromatic carbocycles. The summed E-state index contributed by atoms with van der Waals surface area (Å²) in [6.07, 6.45) is 2.17. The minimum atomic E-state index is -0.119. The van der Waals surface area contributed by atoms with Crippen LogP contribution in [-0.2, 0) is 0 Å². The van der Waals surface area contributed by atoms with Crippen LogP contribution in [0.4, 0.5) is 4.79 Å². The zero-order valence-corrected chi connectivity index (χ0v) is 6.49. The Labute approximate surface area is 57.8 Å². The summed E-state index contributed by atoms with van der Waals surface area (Å²) in [6.45, 7) is 2.86. The van der Waals surface area contributed by atoms with Crippen molar-refractivity contribution in [3.05, 3.63) is 0 Å². The number of carbonyl (C=O) groups excluding carboxylic acids is 1. The van der Waals surface area contributed by atoms with Crippen molar-refractivity contribution in [2.75, 3.05) is 6.54 Å². The Morgan fingerprint density at radius 2 is 2.38 bits per heavy atom. The van der Waals surface area contributed by atoms with Crippen molar-refractivity contribution in [1.29, 1.82) is 0 Å². The highest BCUT2D eigenvalue weighted by Crippen LogP contribution is 1.85. The number of hydrogen-bond acceptors (Lipinski definition) is 1. The van der Waals surface area contributed by atoms with Gasteiger partial charge in [0.25, 0.3) is 4.82 Å². The molecule has 0 unspecified atom stereocenters. The summed E-state index contributed by atoms with van der Waals surface area (Å²) in [5, 5.41) is 2.62. The van der Waals surface area contributed by atoms with E-state index < -0.39 is 0 Å². The molecular weight excluding hydrogens is 170 g/mol. The monoisotopic (exact) mass is 179 g/mol. The number of hydrogen-bond donors (Lipinski definition) is 1. The predicted molar refractivity (Wildman–Crippen MR) is 37.2 cm³/mol. The van der Waals surface area contributed by atoms with Crippen molar-refractivity contribution in [2.24, 2.45) is 0 Å². The van der Waals surface area contributed by atoms with E-state index in [2.05, 4.69) is 28.2 Å². The summed E-state index contributed by atoms with van der Waals surface area (Å²) in [5.41, 5.74) is 0. The molecule has 0 saturated heterocycles. The Balaban J connectivity index is 2.82. The molecule has 0 aromatic rings. The van der Waals surface area contributed by atoms with Crippen LogP contribution >= 0.6 is 15.9 Å². The van der Waals surface area contributed by atoms with Gasteiger partial charge in [-0.3, -0.25) is 4.79 Å². The lowest BCUT2D eigenvalue weighted by atomic mass is 10.3. The van der Waals surface area contributed by atoms with Gasteiger partial charge in [-0.2, -0.15) is 0 Å². The van der Waals surface area contributed by atoms with Crippen LogP contribution in [0.2, 0.25) is 0 Å². The summed E-state index contributed by atoms with van der Waals surface area (Å²) in [5.74, 6) is 0. The number of unbranched alkanes of at least 4 members (excludes halogenated alkanes) is 1. The first-order valence-electron chi connectivity index (χ1n) is 2.70. The van der Waals surface area contributed by atoms with Gasteiger partial charge in [-0.15, -0.1) is 0 Å². The SMILES string of the molecule is CCCCNC(=O)Br. The van der Waals surface area contributed by atoms with Gasteiger partial charge >= 0.3 is 0 Å². The second-order valence-corrected chi connectivity index (χ2v) is 2.27. The Kier molecular flexibility index (Phi) is 5.06. The first-order chi connectivity index (χ1) is 3.77. The lowest BCUT2D eigenvalue weighted by Gasteiger charge is -1.95. The van der Waals surface area contributed by atoms with Gasteiger partial charge in [-0.05, 0) is 6.42 Å². The first kappa shape index (κ1) is 7.95. The van der Waals surface area contributed by atoms with E-state index in [0.29, 0.717) is 0 Å². The van der Waals surface area contributed by atoms with Gasteiger partial charge in [-0.25, -0.2) is 0 Å². The zero-order valence-electron chi connectivity index (χ0n) is 4.91. The molecule has 1 amide bonds. The molecular formula is C5H10BrNO. The van der Waals surface area contributed by atoms with Crippen molar-refractivity contribution in [3.63, 3.8) is 0 Å². The number of amides is 1. The van der Waals surface area contributed by atoms with Gasteiger partial charge in [-0.1, -0.05) is 13.3 Å². The minimum Gasteiger partial charge on any atom is -0.347 e. The third-order valence-corrected chi connectivity index (χ3v) is 1.07. The van der Waals surface area contributed by atoms with E-state index in [9.17, 15) is 4.79 Å². The molecule has 3 heteroatoms. The van der Waals surface area contributed by atoms with Crippen LogP contribution in [0.5, 0.6) is 0 Å². The van der Waals surface area contributed by atoms with E-state index in [-0.39, 0.29) is 4.82 Å². The Morgan fingerprint density at radius 1 is 1.75 bits per heavy atom. The third kappa shape index (κ3) is 5.95. The molecule has 48 valence electrons. The van der Waals surface area contributed by atoms with Gasteiger partial charge in [0.05, 0.1) is 0 Å². The van der Waals surface area contributed by atoms with Crippen LogP contribution in [0.1, 0.15) is 19.8 Å². The molecule has 0 saturated carbocycles. The molecule has 0 bridgehead atoms. The molecule has 0 atom stereocenters. The first-order valence-corrected chi connectivity index (χ1v) is 3.50. The summed E-state index contributed by atoms with van der Waals surface area (Å²) in [4.78, 5) is 10.0. The maximum atomic E-state index is 10.1. The van der Waals surface area contributed by atoms with Gasteiger partial charge in [0.15, 0.2) is 0 Å². The summed E-state index contributed by atoms with van der Waals surface area (Å²) < 4.78 is 0. The second-order valence-electron chi connectivity index (χ2n) is 1.55. The maximum absolute atomic E-state index is 10.1. The topological polar surface area (TPSA) is 29.1 Å². The minimum absolute atomic E-state index is 0.119. The molecule has 0 radical (unpaired) electrons. The number of nitrogens with one attached hydrogen (secondary N) is 1. The van der Waals surface area contributed by atoms with Crippen LogP contribution in [0, 0.1) is 0 Å². The lowest BCUT2D eigenvalue weighted by molar-refractivity contribution is 0.261. The van der Waals surface area contributed by atoms with Crippen molar-refractivity contribution < 1.29 is 4.79 Å². The quantitative estimate of drug-likeness (QED) is 0.401. The average molecular weight is 180 g/mol. The Bertz CT molecular complexity index is 74.8. The molecule has 1 N–H and O–H groups in total. The number of halogens is 1. The number of carbonyl (C=O) groups is 1. The molecule has 0 aliphatic rings. The molecule has 0 fully saturated rings. The highest BCUT2D eigenvalue weighted by molar-refractivity contribution is 9.18. The van der Waals surface area contributed by atoms with Crippen LogP contribution < -0.4 is 5.32 Å². The molecule has 8 heavy (non-hydrogen) atoms. The third-order valence-electron chi connectivity index (χ3n) is 0.794. The van der Waals surface area contributed by atoms with Gasteiger partial charge < -0.3 is 5.32 Å². The van der Waals surface area contributed by atoms with Gasteiger partial charge in [0, 0.05) is 22.5 Å². The van der Waals surface area contributed by atoms with Crippen molar-refractivity contribution in [3.8, 4) is 0 Å². The predicted octanol–water partition coefficient (Wildman–Crippen LogP) is 1.89. The van der Waals surface area contributed by atoms with E-state index >= 15 is 0 Å². The van der Waals surface area contributed by atoms with E-state index in [0.717, 1.165) is 19.4 Å². The highest BCUT2D eigenvalue weighted by Gasteiger charge is 1.87. The van der Waals surface area contributed by atoms with E-state index in [4.69, 9.17) is 0 Å². The van der Waals surface area contributed by atoms with Gasteiger partial charge in [0.2, 0.25) is 0 Å². The molecule has 0 heterocycles. The molecule has 2 nitrogen and oxygen atoms in total. The summed E-state index contributed by atoms with van der Waals surface area (Å²) >= 11 is 2.75. The number of rotatable bonds is 3. The Hall–Kier alpha value is -0.0500. The normalized spacial score (nSPS) is 8.75. The van der Waals surface area contributed by atoms with Crippen molar-refractivity contribution >= 4 is 20.7 Å². The zero-order chi connectivity index (χ0) is 6.41. The summed E-state index contributed by atoms with van der Waals surface area (Å²) in [7, 11) is 0. The molecule has 0 rings (SSSR count). The van der Waals surface area contributed by atoms with Crippen LogP contribution in [-0.4, -0.2) is 11.4 Å². The molecule has 0 aromatic heterocycles. The average Bonchev–Trinajstić information content (AvgIpc) is 1.66. The molecule has 0 spiro atoms. The van der Waals surface area contributed by atoms with E-state index in [1.807, 2.05) is 0 Å². The molecule has 0 aliphatic heterocycles. The van der Waals surface area contributed by atoms with E-state index in [1.165, 1.54) is 0 Å². The second kappa shape index (κ2) is 5.09. The fourth-order valence-corrected chi connectivity index (χ4v) is 0.562. The largest absolute Gasteiger partial charge is 0.347 e. The fourth-order valence-electron chi connectivity index (χ4n) is 0.363. The van der Waals surface area contributed by atoms with Crippen LogP contribution in [0.25, 0.3) is 0 Å². The van der Waals surface area contributed by atoms with Crippen molar-refractivity contribution in [2.45, 2.75) is 19.8 Å². The lowest BCUT2D eigenvalue weighted by Crippen LogP contribution is -2.16. The van der Waals surface area contributed by atoms with Crippen LogP contribution in [0.15, 0.2) is 0 Å². The standard InChI is InChI=1S/C5H10BrNO/c1-2-3-4-7-5(6)8/h2-4H2,1H3,(H,7,8). The molecule has 0 aliphatic carbocycles. The Morgan fingerprint density at radius 3 is 2.75 bits per heavy atom. The van der Waals surface area contributed by atoms with Crippen molar-refractivity contribution in [1.82, 2.24) is 5.32 Å². The fraction of sp³-hybridized carbons (Fsp3) is 0.800. The van der Waals surface area contributed by atoms with Gasteiger partial charge in [0.1, 0.15) is 0 Å². The van der Waals surface area contributed by atoms with E-state index in [1.54, 1.807) is 0 Å². The smallest absolute Gasteiger partial charge is 0.287 e. The summed E-state index contributed by atoms with van der Waals surface area (Å²) in [6, 6.07) is 0. The van der Waals surface area contributed by atoms with Crippen LogP contribution in [0.3, 0.4) is 0 Å². The maximum Gasteiger partial charge on any atom is 0.287 e.